The second kappa shape index (κ2) is 46.2. The average Bonchev–Trinajstić information content (AvgIpc) is 1.20. The number of amides is 4. The molecule has 5 fully saturated rings. The van der Waals surface area contributed by atoms with E-state index in [0.29, 0.717) is 179 Å². The molecule has 0 spiro atoms. The van der Waals surface area contributed by atoms with Crippen LogP contribution >= 0.6 is 0 Å². The number of aliphatic hydroxyl groups is 2. The van der Waals surface area contributed by atoms with E-state index < -0.39 is 114 Å². The second-order valence-electron chi connectivity index (χ2n) is 37.7. The zero-order valence-corrected chi connectivity index (χ0v) is 80.2. The van der Waals surface area contributed by atoms with Crippen LogP contribution in [0.15, 0.2) is 120 Å². The summed E-state index contributed by atoms with van der Waals surface area (Å²) in [6, 6.07) is 9.48. The Morgan fingerprint density at radius 3 is 2.23 bits per heavy atom. The number of hydrogen-bond donors (Lipinski definition) is 6. The van der Waals surface area contributed by atoms with Crippen molar-refractivity contribution >= 4 is 93.2 Å². The summed E-state index contributed by atoms with van der Waals surface area (Å²) in [4.78, 5) is 154. The van der Waals surface area contributed by atoms with Gasteiger partial charge in [0.05, 0.1) is 68.1 Å². The summed E-state index contributed by atoms with van der Waals surface area (Å²) in [6.07, 6.45) is 18.0. The van der Waals surface area contributed by atoms with Gasteiger partial charge in [-0.25, -0.2) is 49.0 Å². The third-order valence-corrected chi connectivity index (χ3v) is 28.3. The number of carboxylic acids is 1. The highest BCUT2D eigenvalue weighted by Crippen LogP contribution is 2.41. The summed E-state index contributed by atoms with van der Waals surface area (Å²) >= 11 is 0. The van der Waals surface area contributed by atoms with E-state index in [-0.39, 0.29) is 112 Å². The van der Waals surface area contributed by atoms with Crippen molar-refractivity contribution in [1.82, 2.24) is 69.6 Å². The summed E-state index contributed by atoms with van der Waals surface area (Å²) in [5.41, 5.74) is 20.8. The van der Waals surface area contributed by atoms with Gasteiger partial charge in [0.2, 0.25) is 23.6 Å². The first-order valence-corrected chi connectivity index (χ1v) is 47.8. The summed E-state index contributed by atoms with van der Waals surface area (Å²) in [5, 5.41) is 42.9. The van der Waals surface area contributed by atoms with Crippen LogP contribution in [0.25, 0.3) is 33.4 Å². The van der Waals surface area contributed by atoms with Crippen LogP contribution in [0.1, 0.15) is 165 Å². The number of carbonyl (C=O) groups is 8. The molecule has 1 aliphatic carbocycles. The topological polar surface area (TPSA) is 476 Å². The molecule has 14 rings (SSSR count). The predicted octanol–water partition coefficient (Wildman–Crippen LogP) is 8.83. The van der Waals surface area contributed by atoms with Crippen LogP contribution in [-0.2, 0) is 92.7 Å². The minimum Gasteiger partial charge on any atom is -0.480 e. The smallest absolute Gasteiger partial charge is 0.407 e. The number of fused-ring (bicyclic) bond motifs is 6. The number of anilines is 4. The first kappa shape index (κ1) is 101. The number of ether oxygens (including phenoxy) is 8. The van der Waals surface area contributed by atoms with E-state index in [1.807, 2.05) is 98.9 Å². The number of nitrogen functional groups attached to an aromatic ring is 2. The third-order valence-electron chi connectivity index (χ3n) is 28.3. The number of benzene rings is 2. The SMILES string of the molecule is CO[C@H]1C[C@@H]2CC[C@@H](C)[C@@](O)(O2)C(=O)C(=O)N2CCCC[C@H]2C(=O)O[C@H]([C@H](C)C[C@@H]2CC[C@@H](OC(=O)NCc3cnc(N4CCN(C(=O)CCOCCN5CCN(c6ncc(C(=O)N7CCc8cc(Cn9nc(-c%10ccc%11oc(N)nc%11c%10)c%10c(N)ncnc%109)ccc8C7)cn6)CC5)[C@@H](C(=O)O)C4)nc3)[C@H](OC)C2)C[C@@H](OC)[C@H](C)/C=C(\C)[C@@H](O)[C@@H](OC)C(=O)[C@H](C)C[C@H](C)/C=C/C=C/C=C/1C. The van der Waals surface area contributed by atoms with Gasteiger partial charge in [-0.1, -0.05) is 89.3 Å². The molecule has 11 heterocycles. The predicted molar refractivity (Wildman–Crippen MR) is 507 cm³/mol. The monoisotopic (exact) mass is 1890 g/mol. The van der Waals surface area contributed by atoms with E-state index in [9.17, 15) is 48.9 Å². The van der Waals surface area contributed by atoms with Crippen LogP contribution in [0.3, 0.4) is 0 Å². The number of carboxylic acid groups (broad SMARTS) is 1. The number of nitrogens with two attached hydrogens (primary N) is 2. The molecule has 7 aliphatic rings. The number of methoxy groups -OCH3 is 4. The number of aromatic nitrogens is 9. The molecule has 5 aromatic heterocycles. The Balaban J connectivity index is 0.515. The van der Waals surface area contributed by atoms with Crippen molar-refractivity contribution in [3.8, 4) is 11.3 Å². The van der Waals surface area contributed by atoms with Crippen LogP contribution in [-0.4, -0.2) is 301 Å². The zero-order valence-electron chi connectivity index (χ0n) is 80.2. The lowest BCUT2D eigenvalue weighted by molar-refractivity contribution is -0.265. The molecule has 17 atom stereocenters. The number of cyclic esters (lactones) is 1. The number of ketones is 2. The molecule has 738 valence electrons. The molecule has 6 aliphatic heterocycles. The highest BCUT2D eigenvalue weighted by molar-refractivity contribution is 6.39. The number of alkyl carbamates (subject to hydrolysis) is 1. The number of rotatable bonds is 23. The van der Waals surface area contributed by atoms with Gasteiger partial charge in [-0.05, 0) is 148 Å². The fourth-order valence-corrected chi connectivity index (χ4v) is 20.1. The molecule has 4 amide bonds. The fourth-order valence-electron chi connectivity index (χ4n) is 20.1. The maximum absolute atomic E-state index is 15.0. The van der Waals surface area contributed by atoms with Crippen molar-refractivity contribution in [3.05, 3.63) is 143 Å². The van der Waals surface area contributed by atoms with Crippen molar-refractivity contribution in [1.29, 1.82) is 0 Å². The Hall–Kier alpha value is -11.6. The Labute approximate surface area is 797 Å². The van der Waals surface area contributed by atoms with Gasteiger partial charge in [0.25, 0.3) is 23.6 Å². The number of esters is 1. The Morgan fingerprint density at radius 1 is 0.730 bits per heavy atom. The van der Waals surface area contributed by atoms with Gasteiger partial charge >= 0.3 is 18.0 Å². The van der Waals surface area contributed by atoms with E-state index in [1.165, 1.54) is 35.6 Å². The second-order valence-corrected chi connectivity index (χ2v) is 37.7. The van der Waals surface area contributed by atoms with E-state index in [1.54, 1.807) is 58.5 Å². The number of nitrogens with zero attached hydrogens (tertiary/aromatic N) is 15. The van der Waals surface area contributed by atoms with Gasteiger partial charge < -0.3 is 98.9 Å². The molecule has 38 nitrogen and oxygen atoms in total. The average molecular weight is 1890 g/mol. The van der Waals surface area contributed by atoms with Crippen LogP contribution in [0.4, 0.5) is 28.5 Å². The lowest BCUT2D eigenvalue weighted by atomic mass is 9.78. The molecular weight excluding hydrogens is 1760 g/mol. The number of allylic oxidation sites excluding steroid dienone is 5. The zero-order chi connectivity index (χ0) is 97.5. The third kappa shape index (κ3) is 24.6. The molecule has 7 aromatic rings. The van der Waals surface area contributed by atoms with Gasteiger partial charge in [-0.15, -0.1) is 0 Å². The number of piperidine rings is 1. The van der Waals surface area contributed by atoms with Gasteiger partial charge in [0.15, 0.2) is 17.0 Å². The number of oxazole rings is 1. The number of Topliss-reactive ketones (excluding diaryl/α,β-unsaturated/α-hetero) is 2. The molecule has 137 heavy (non-hydrogen) atoms. The molecule has 2 aromatic carbocycles. The van der Waals surface area contributed by atoms with Crippen molar-refractivity contribution in [2.45, 2.75) is 225 Å². The van der Waals surface area contributed by atoms with Crippen molar-refractivity contribution in [3.63, 3.8) is 0 Å². The lowest BCUT2D eigenvalue weighted by Gasteiger charge is -2.43. The van der Waals surface area contributed by atoms with Gasteiger partial charge in [-0.3, -0.25) is 28.9 Å². The van der Waals surface area contributed by atoms with Crippen LogP contribution in [0, 0.1) is 35.5 Å². The summed E-state index contributed by atoms with van der Waals surface area (Å²) in [5.74, 6) is -8.23. The number of piperazine rings is 2. The maximum atomic E-state index is 15.0. The number of nitrogens with one attached hydrogen (secondary N) is 1. The Bertz CT molecular complexity index is 5530. The number of carbonyl (C=O) groups excluding carboxylic acids is 7. The molecule has 0 radical (unpaired) electrons. The molecule has 1 saturated carbocycles. The van der Waals surface area contributed by atoms with Crippen LogP contribution in [0.5, 0.6) is 0 Å². The Morgan fingerprint density at radius 2 is 1.48 bits per heavy atom. The summed E-state index contributed by atoms with van der Waals surface area (Å²) < 4.78 is 56.0. The van der Waals surface area contributed by atoms with E-state index in [4.69, 9.17) is 58.9 Å². The first-order valence-electron chi connectivity index (χ1n) is 47.8. The van der Waals surface area contributed by atoms with Crippen molar-refractivity contribution in [2.75, 3.05) is 128 Å². The molecule has 2 bridgehead atoms. The van der Waals surface area contributed by atoms with Crippen molar-refractivity contribution < 1.29 is 96.0 Å². The number of aliphatic carboxylic acids is 1. The van der Waals surface area contributed by atoms with E-state index in [2.05, 4.69) is 62.1 Å². The number of aliphatic hydroxyl groups excluding tert-OH is 1. The maximum Gasteiger partial charge on any atom is 0.407 e. The highest BCUT2D eigenvalue weighted by Gasteiger charge is 2.54. The Kier molecular flexibility index (Phi) is 34.2. The highest BCUT2D eigenvalue weighted by atomic mass is 16.6. The minimum absolute atomic E-state index is 0.00200. The first-order chi connectivity index (χ1) is 65.9. The number of hydrogen-bond acceptors (Lipinski definition) is 32. The standard InChI is InChI=1S/C99H132N18O20/c1-58-17-13-12-14-18-59(2)78(129-8)47-72-25-20-64(7)99(128,137-72)88(121)92(123)116-30-16-15-19-74(116)94(126)134-80(48-79(130-9)60(3)42-63(6)86(120)87(132-11)85(119)62(5)41-58)61(4)43-65-22-26-77(81(45-65)131-10)136-98(127)106-51-67-49-102-97(103-50-67)114-36-37-115(75(56-114)93(124)125)82(118)29-39-133-40-38-111-32-34-112(35-33-111)96-104-52-71(53-105-96)91(122)113-31-28-68-44-66(21-23-70(68)55-113)54-117-90-83(89(100)107-57-108-90)84(110-117)69-24-27-76-73(46-69)109-95(101)135-76/h12-14,17-18,21,23-24,27,42,44,46,49-50,52-53,57-58,60-62,64-65,72,74-75,77-81,86-87,120,128H,15-16,19-20,22,25-26,28-41,43,45,47-48,51,54-56H2,1-11H3,(H2,101,109)(H,106,127)(H,124,125)(H2,100,107,108)/b14-12+,17-13+,59-18+,63-42+/t58-,60-,61-,62-,64-,65+,72+,74+,75-,77-,78+,79-,80+,81-,86-,87+,99-/m1/s1. The molecule has 8 N–H and O–H groups in total. The van der Waals surface area contributed by atoms with E-state index >= 15 is 4.79 Å². The molecule has 4 saturated heterocycles. The molecule has 38 heteroatoms. The van der Waals surface area contributed by atoms with Crippen LogP contribution in [0.2, 0.25) is 0 Å². The van der Waals surface area contributed by atoms with Crippen molar-refractivity contribution in [2.24, 2.45) is 35.5 Å². The van der Waals surface area contributed by atoms with E-state index in [0.717, 1.165) is 27.8 Å². The van der Waals surface area contributed by atoms with Gasteiger partial charge in [0.1, 0.15) is 59.9 Å². The fraction of sp³-hybridized carbons (Fsp3) is 0.576. The molecular formula is C99H132N18O20. The molecule has 0 unspecified atom stereocenters. The summed E-state index contributed by atoms with van der Waals surface area (Å²) in [6.45, 7) is 18.6. The largest absolute Gasteiger partial charge is 0.480 e. The minimum atomic E-state index is -2.48. The van der Waals surface area contributed by atoms with Gasteiger partial charge in [-0.2, -0.15) is 10.1 Å². The lowest BCUT2D eigenvalue weighted by Crippen LogP contribution is -2.61. The van der Waals surface area contributed by atoms with Crippen LogP contribution < -0.4 is 26.6 Å². The normalized spacial score (nSPS) is 28.4. The van der Waals surface area contributed by atoms with Gasteiger partial charge in [0, 0.05) is 167 Å². The summed E-state index contributed by atoms with van der Waals surface area (Å²) in [7, 11) is 6.09. The quantitative estimate of drug-likeness (QED) is 0.0151.